The van der Waals surface area contributed by atoms with Crippen molar-refractivity contribution in [3.8, 4) is 0 Å². The van der Waals surface area contributed by atoms with Gasteiger partial charge in [-0.05, 0) is 65.9 Å². The van der Waals surface area contributed by atoms with E-state index in [1.165, 1.54) is 27.8 Å². The van der Waals surface area contributed by atoms with Gasteiger partial charge in [-0.25, -0.2) is 0 Å². The first kappa shape index (κ1) is 15.2. The van der Waals surface area contributed by atoms with E-state index in [2.05, 4.69) is 50.2 Å². The Bertz CT molecular complexity index is 771. The van der Waals surface area contributed by atoms with Crippen LogP contribution in [0.15, 0.2) is 66.7 Å². The number of nitrogen functional groups attached to an aromatic ring is 2. The molecule has 0 spiro atoms. The van der Waals surface area contributed by atoms with Crippen molar-refractivity contribution in [3.63, 3.8) is 0 Å². The van der Waals surface area contributed by atoms with Gasteiger partial charge in [0.2, 0.25) is 0 Å². The highest BCUT2D eigenvalue weighted by Crippen LogP contribution is 2.36. The summed E-state index contributed by atoms with van der Waals surface area (Å²) in [4.78, 5) is 0. The Hall–Kier alpha value is -2.74. The molecule has 0 aliphatic heterocycles. The monoisotopic (exact) mass is 302 g/mol. The van der Waals surface area contributed by atoms with E-state index in [-0.39, 0.29) is 5.92 Å². The van der Waals surface area contributed by atoms with Crippen molar-refractivity contribution in [1.82, 2.24) is 0 Å². The molecule has 0 aromatic heterocycles. The number of anilines is 2. The quantitative estimate of drug-likeness (QED) is 0.546. The zero-order chi connectivity index (χ0) is 16.4. The summed E-state index contributed by atoms with van der Waals surface area (Å²) < 4.78 is 0. The molecule has 116 valence electrons. The number of benzene rings is 3. The summed E-state index contributed by atoms with van der Waals surface area (Å²) in [6, 6.07) is 22.9. The van der Waals surface area contributed by atoms with Crippen molar-refractivity contribution >= 4 is 11.4 Å². The molecule has 0 bridgehead atoms. The average molecular weight is 302 g/mol. The maximum Gasteiger partial charge on any atom is 0.0345 e. The fraction of sp³-hybridized carbons (Fsp3) is 0.143. The fourth-order valence-corrected chi connectivity index (χ4v) is 3.22. The Kier molecular flexibility index (Phi) is 4.07. The molecule has 2 heteroatoms. The van der Waals surface area contributed by atoms with E-state index in [0.717, 1.165) is 11.4 Å². The van der Waals surface area contributed by atoms with E-state index in [1.54, 1.807) is 0 Å². The molecule has 3 aromatic carbocycles. The van der Waals surface area contributed by atoms with Gasteiger partial charge in [-0.3, -0.25) is 0 Å². The average Bonchev–Trinajstić information content (AvgIpc) is 2.52. The lowest BCUT2D eigenvalue weighted by Gasteiger charge is -2.23. The summed E-state index contributed by atoms with van der Waals surface area (Å²) in [6.45, 7) is 4.24. The third kappa shape index (κ3) is 3.07. The number of hydrogen-bond donors (Lipinski definition) is 2. The molecule has 23 heavy (non-hydrogen) atoms. The van der Waals surface area contributed by atoms with Crippen LogP contribution in [0.4, 0.5) is 11.4 Å². The number of hydrogen-bond acceptors (Lipinski definition) is 2. The van der Waals surface area contributed by atoms with Crippen molar-refractivity contribution in [2.75, 3.05) is 11.5 Å². The Morgan fingerprint density at radius 2 is 1.13 bits per heavy atom. The highest BCUT2D eigenvalue weighted by molar-refractivity contribution is 5.55. The molecule has 0 unspecified atom stereocenters. The molecule has 4 N–H and O–H groups in total. The van der Waals surface area contributed by atoms with E-state index in [1.807, 2.05) is 30.3 Å². The van der Waals surface area contributed by atoms with Crippen LogP contribution in [0, 0.1) is 13.8 Å². The zero-order valence-electron chi connectivity index (χ0n) is 13.6. The molecule has 2 nitrogen and oxygen atoms in total. The van der Waals surface area contributed by atoms with Crippen LogP contribution in [0.1, 0.15) is 33.7 Å². The summed E-state index contributed by atoms with van der Waals surface area (Å²) in [6.07, 6.45) is 0. The molecule has 0 fully saturated rings. The van der Waals surface area contributed by atoms with Crippen LogP contribution < -0.4 is 11.5 Å². The molecule has 0 radical (unpaired) electrons. The molecule has 0 heterocycles. The third-order valence-corrected chi connectivity index (χ3v) is 4.34. The second-order valence-corrected chi connectivity index (χ2v) is 6.08. The lowest BCUT2D eigenvalue weighted by molar-refractivity contribution is 0.950. The normalized spacial score (nSPS) is 10.9. The second-order valence-electron chi connectivity index (χ2n) is 6.08. The van der Waals surface area contributed by atoms with Crippen molar-refractivity contribution in [1.29, 1.82) is 0 Å². The van der Waals surface area contributed by atoms with Gasteiger partial charge in [0.25, 0.3) is 0 Å². The summed E-state index contributed by atoms with van der Waals surface area (Å²) >= 11 is 0. The molecule has 0 atom stereocenters. The first-order chi connectivity index (χ1) is 11.1. The highest BCUT2D eigenvalue weighted by atomic mass is 14.5. The first-order valence-electron chi connectivity index (χ1n) is 7.83. The lowest BCUT2D eigenvalue weighted by atomic mass is 9.81. The molecular weight excluding hydrogens is 280 g/mol. The Labute approximate surface area is 137 Å². The van der Waals surface area contributed by atoms with Gasteiger partial charge >= 0.3 is 0 Å². The minimum Gasteiger partial charge on any atom is -0.399 e. The number of aryl methyl sites for hydroxylation is 2. The summed E-state index contributed by atoms with van der Waals surface area (Å²) in [7, 11) is 0. The van der Waals surface area contributed by atoms with Gasteiger partial charge in [-0.15, -0.1) is 0 Å². The zero-order valence-corrected chi connectivity index (χ0v) is 13.6. The largest absolute Gasteiger partial charge is 0.399 e. The highest BCUT2D eigenvalue weighted by Gasteiger charge is 2.20. The minimum atomic E-state index is 0.178. The van der Waals surface area contributed by atoms with Gasteiger partial charge in [-0.2, -0.15) is 0 Å². The van der Waals surface area contributed by atoms with Gasteiger partial charge in [0.15, 0.2) is 0 Å². The fourth-order valence-electron chi connectivity index (χ4n) is 3.22. The van der Waals surface area contributed by atoms with Crippen LogP contribution in [-0.2, 0) is 0 Å². The summed E-state index contributed by atoms with van der Waals surface area (Å²) in [5, 5.41) is 0. The second kappa shape index (κ2) is 6.17. The standard InChI is InChI=1S/C21H22N2/c1-14-12-17(22)8-10-19(14)21(16-6-4-3-5-7-16)20-11-9-18(23)13-15(20)2/h3-13,21H,22-23H2,1-2H3. The first-order valence-corrected chi connectivity index (χ1v) is 7.83. The molecule has 0 saturated carbocycles. The molecule has 3 rings (SSSR count). The van der Waals surface area contributed by atoms with Gasteiger partial charge in [-0.1, -0.05) is 42.5 Å². The van der Waals surface area contributed by atoms with Crippen LogP contribution in [-0.4, -0.2) is 0 Å². The van der Waals surface area contributed by atoms with E-state index >= 15 is 0 Å². The number of rotatable bonds is 3. The Balaban J connectivity index is 2.22. The van der Waals surface area contributed by atoms with Crippen molar-refractivity contribution in [2.45, 2.75) is 19.8 Å². The third-order valence-electron chi connectivity index (χ3n) is 4.34. The van der Waals surface area contributed by atoms with Crippen molar-refractivity contribution in [3.05, 3.63) is 94.5 Å². The molecule has 0 aliphatic rings. The van der Waals surface area contributed by atoms with E-state index < -0.39 is 0 Å². The summed E-state index contributed by atoms with van der Waals surface area (Å²) in [5.41, 5.74) is 19.7. The summed E-state index contributed by atoms with van der Waals surface area (Å²) in [5.74, 6) is 0.178. The van der Waals surface area contributed by atoms with Crippen LogP contribution >= 0.6 is 0 Å². The molecule has 0 aliphatic carbocycles. The van der Waals surface area contributed by atoms with E-state index in [0.29, 0.717) is 0 Å². The Morgan fingerprint density at radius 3 is 1.57 bits per heavy atom. The van der Waals surface area contributed by atoms with Crippen molar-refractivity contribution in [2.24, 2.45) is 0 Å². The smallest absolute Gasteiger partial charge is 0.0345 e. The van der Waals surface area contributed by atoms with Gasteiger partial charge < -0.3 is 11.5 Å². The Morgan fingerprint density at radius 1 is 0.652 bits per heavy atom. The lowest BCUT2D eigenvalue weighted by Crippen LogP contribution is -2.08. The van der Waals surface area contributed by atoms with Crippen LogP contribution in [0.3, 0.4) is 0 Å². The van der Waals surface area contributed by atoms with Crippen molar-refractivity contribution < 1.29 is 0 Å². The van der Waals surface area contributed by atoms with Gasteiger partial charge in [0.05, 0.1) is 0 Å². The van der Waals surface area contributed by atoms with E-state index in [4.69, 9.17) is 11.5 Å². The molecular formula is C21H22N2. The minimum absolute atomic E-state index is 0.178. The number of nitrogens with two attached hydrogens (primary N) is 2. The molecule has 0 amide bonds. The van der Waals surface area contributed by atoms with Crippen LogP contribution in [0.5, 0.6) is 0 Å². The van der Waals surface area contributed by atoms with Gasteiger partial charge in [0.1, 0.15) is 0 Å². The maximum absolute atomic E-state index is 5.94. The maximum atomic E-state index is 5.94. The predicted molar refractivity (Wildman–Crippen MR) is 98.6 cm³/mol. The molecule has 3 aromatic rings. The van der Waals surface area contributed by atoms with Crippen LogP contribution in [0.2, 0.25) is 0 Å². The SMILES string of the molecule is Cc1cc(N)ccc1C(c1ccccc1)c1ccc(N)cc1C. The van der Waals surface area contributed by atoms with E-state index in [9.17, 15) is 0 Å². The van der Waals surface area contributed by atoms with Crippen LogP contribution in [0.25, 0.3) is 0 Å². The molecule has 0 saturated heterocycles. The predicted octanol–water partition coefficient (Wildman–Crippen LogP) is 4.65. The topological polar surface area (TPSA) is 52.0 Å². The van der Waals surface area contributed by atoms with Gasteiger partial charge in [0, 0.05) is 17.3 Å².